The number of nitrogens with zero attached hydrogens (tertiary/aromatic N) is 3. The van der Waals surface area contributed by atoms with Crippen LogP contribution in [0.2, 0.25) is 0 Å². The Bertz CT molecular complexity index is 1570. The number of thioether (sulfide) groups is 1. The van der Waals surface area contributed by atoms with Gasteiger partial charge >= 0.3 is 35.5 Å². The van der Waals surface area contributed by atoms with Crippen LogP contribution >= 0.6 is 11.8 Å². The van der Waals surface area contributed by atoms with Crippen molar-refractivity contribution >= 4 is 46.2 Å². The Morgan fingerprint density at radius 3 is 2.56 bits per heavy atom. The summed E-state index contributed by atoms with van der Waals surface area (Å²) < 4.78 is 22.5. The van der Waals surface area contributed by atoms with Crippen LogP contribution in [0.25, 0.3) is 10.9 Å². The number of hydrogen-bond acceptors (Lipinski definition) is 10. The molecule has 2 N–H and O–H groups in total. The summed E-state index contributed by atoms with van der Waals surface area (Å²) in [5, 5.41) is 25.2. The van der Waals surface area contributed by atoms with Gasteiger partial charge < -0.3 is 39.4 Å². The number of fused-ring (bicyclic) bond motifs is 2. The van der Waals surface area contributed by atoms with E-state index in [9.17, 15) is 29.4 Å². The van der Waals surface area contributed by atoms with Gasteiger partial charge in [0.25, 0.3) is 0 Å². The fourth-order valence-electron chi connectivity index (χ4n) is 6.38. The summed E-state index contributed by atoms with van der Waals surface area (Å²) >= 11 is 1.13. The van der Waals surface area contributed by atoms with Crippen molar-refractivity contribution in [2.75, 3.05) is 43.4 Å². The molecule has 4 aliphatic rings. The predicted octanol–water partition coefficient (Wildman–Crippen LogP) is -2.40. The number of carbonyl (C=O) groups excluding carboxylic acids is 3. The third-order valence-corrected chi connectivity index (χ3v) is 9.84. The van der Waals surface area contributed by atoms with Gasteiger partial charge in [-0.3, -0.25) is 9.59 Å². The monoisotopic (exact) mass is 622 g/mol. The minimum absolute atomic E-state index is 0. The topological polar surface area (TPSA) is 144 Å². The Morgan fingerprint density at radius 2 is 1.93 bits per heavy atom. The number of piperazine rings is 1. The van der Waals surface area contributed by atoms with Gasteiger partial charge in [0.15, 0.2) is 0 Å². The van der Waals surface area contributed by atoms with Gasteiger partial charge in [-0.25, -0.2) is 9.18 Å². The van der Waals surface area contributed by atoms with Gasteiger partial charge in [0.1, 0.15) is 18.0 Å². The Hall–Kier alpha value is -2.42. The molecule has 43 heavy (non-hydrogen) atoms. The maximum absolute atomic E-state index is 15.2. The zero-order valence-corrected chi connectivity index (χ0v) is 27.1. The molecular formula is C29H32FN4NaO7S. The first-order chi connectivity index (χ1) is 20.1. The third kappa shape index (κ3) is 5.64. The fourth-order valence-corrected chi connectivity index (χ4v) is 7.48. The molecule has 14 heteroatoms. The molecule has 0 spiro atoms. The van der Waals surface area contributed by atoms with E-state index in [1.54, 1.807) is 13.0 Å². The van der Waals surface area contributed by atoms with E-state index in [0.717, 1.165) is 37.7 Å². The minimum Gasteiger partial charge on any atom is -0.543 e. The number of carboxylic acids is 1. The molecule has 1 aliphatic carbocycles. The van der Waals surface area contributed by atoms with E-state index in [1.807, 2.05) is 9.47 Å². The van der Waals surface area contributed by atoms with E-state index in [1.165, 1.54) is 24.1 Å². The molecule has 3 aliphatic heterocycles. The maximum Gasteiger partial charge on any atom is 1.00 e. The number of amides is 1. The first kappa shape index (κ1) is 32.0. The molecule has 1 saturated carbocycles. The van der Waals surface area contributed by atoms with Gasteiger partial charge in [0.05, 0.1) is 40.9 Å². The first-order valence-corrected chi connectivity index (χ1v) is 15.2. The zero-order chi connectivity index (χ0) is 29.9. The molecular weight excluding hydrogens is 590 g/mol. The van der Waals surface area contributed by atoms with Crippen molar-refractivity contribution in [3.05, 3.63) is 50.5 Å². The second-order valence-corrected chi connectivity index (χ2v) is 12.4. The second kappa shape index (κ2) is 12.5. The Kier molecular flexibility index (Phi) is 9.32. The number of aliphatic carboxylic acids is 1. The molecule has 3 fully saturated rings. The number of pyridine rings is 1. The summed E-state index contributed by atoms with van der Waals surface area (Å²) in [6.07, 6.45) is 2.35. The molecule has 224 valence electrons. The van der Waals surface area contributed by atoms with Crippen LogP contribution in [0.4, 0.5) is 10.1 Å². The largest absolute Gasteiger partial charge is 1.00 e. The number of anilines is 1. The van der Waals surface area contributed by atoms with Gasteiger partial charge in [-0.1, -0.05) is 6.92 Å². The van der Waals surface area contributed by atoms with Crippen LogP contribution in [0, 0.1) is 17.7 Å². The molecule has 6 rings (SSSR count). The normalized spacial score (nSPS) is 24.0. The number of benzene rings is 1. The molecule has 0 unspecified atom stereocenters. The van der Waals surface area contributed by atoms with Gasteiger partial charge in [0.2, 0.25) is 11.3 Å². The third-order valence-electron chi connectivity index (χ3n) is 8.59. The number of aliphatic hydroxyl groups is 1. The number of halogens is 1. The van der Waals surface area contributed by atoms with Crippen LogP contribution < -0.4 is 50.3 Å². The maximum atomic E-state index is 15.2. The summed E-state index contributed by atoms with van der Waals surface area (Å²) in [7, 11) is 0. The summed E-state index contributed by atoms with van der Waals surface area (Å²) in [4.78, 5) is 54.3. The van der Waals surface area contributed by atoms with Crippen molar-refractivity contribution in [3.63, 3.8) is 0 Å². The number of β-lactam (4-membered cyclic amide) rings is 1. The van der Waals surface area contributed by atoms with Crippen LogP contribution in [-0.4, -0.2) is 83.1 Å². The van der Waals surface area contributed by atoms with Crippen molar-refractivity contribution in [2.24, 2.45) is 11.8 Å². The molecule has 0 bridgehead atoms. The van der Waals surface area contributed by atoms with E-state index in [4.69, 9.17) is 4.74 Å². The molecule has 1 amide bonds. The first-order valence-electron chi connectivity index (χ1n) is 14.2. The number of rotatable bonds is 9. The molecule has 1 aromatic carbocycles. The van der Waals surface area contributed by atoms with Crippen molar-refractivity contribution in [3.8, 4) is 0 Å². The fraction of sp³-hybridized carbons (Fsp3) is 0.517. The Balaban J connectivity index is 0.00000368. The molecule has 4 atom stereocenters. The molecule has 1 aromatic heterocycles. The number of carboxylic acid groups (broad SMARTS) is 1. The average molecular weight is 623 g/mol. The van der Waals surface area contributed by atoms with E-state index in [2.05, 4.69) is 5.32 Å². The zero-order valence-electron chi connectivity index (χ0n) is 24.3. The van der Waals surface area contributed by atoms with Gasteiger partial charge in [0, 0.05) is 60.4 Å². The van der Waals surface area contributed by atoms with Crippen molar-refractivity contribution < 1.29 is 63.3 Å². The Morgan fingerprint density at radius 1 is 1.23 bits per heavy atom. The number of carbonyl (C=O) groups is 3. The van der Waals surface area contributed by atoms with Gasteiger partial charge in [-0.2, -0.15) is 0 Å². The summed E-state index contributed by atoms with van der Waals surface area (Å²) in [6, 6.07) is 2.54. The van der Waals surface area contributed by atoms with Crippen molar-refractivity contribution in [2.45, 2.75) is 44.9 Å². The van der Waals surface area contributed by atoms with E-state index < -0.39 is 47.2 Å². The van der Waals surface area contributed by atoms with Crippen molar-refractivity contribution in [1.29, 1.82) is 0 Å². The molecule has 11 nitrogen and oxygen atoms in total. The number of aliphatic hydroxyl groups excluding tert-OH is 1. The standard InChI is InChI=1S/C29H33FN4O7S.Na/c1-14-23-22(15(2)35)27(37)34(23)24(28(38)39)26(14)42-10-9-41-29(40)18-13-33(16-3-4-16)20-12-21(32-7-5-31-6-8-32)19(30)11-17(20)25(18)36;/h11-16,22-23,31,35H,3-10H2,1-2H3,(H,38,39);/q;+1/p-1/t14-,15-,22-,23-;/m1./s1. The number of aromatic nitrogens is 1. The molecule has 0 radical (unpaired) electrons. The number of esters is 1. The average Bonchev–Trinajstić information content (AvgIpc) is 3.76. The predicted molar refractivity (Wildman–Crippen MR) is 151 cm³/mol. The van der Waals surface area contributed by atoms with Crippen LogP contribution in [0.15, 0.2) is 33.7 Å². The smallest absolute Gasteiger partial charge is 0.543 e. The van der Waals surface area contributed by atoms with Crippen molar-refractivity contribution in [1.82, 2.24) is 14.8 Å². The van der Waals surface area contributed by atoms with Crippen LogP contribution in [-0.2, 0) is 14.3 Å². The summed E-state index contributed by atoms with van der Waals surface area (Å²) in [6.45, 7) is 5.92. The number of hydrogen-bond donors (Lipinski definition) is 2. The quantitative estimate of drug-likeness (QED) is 0.134. The molecule has 2 saturated heterocycles. The van der Waals surface area contributed by atoms with Crippen LogP contribution in [0.3, 0.4) is 0 Å². The number of ether oxygens (including phenoxy) is 1. The van der Waals surface area contributed by atoms with E-state index in [0.29, 0.717) is 29.2 Å². The minimum atomic E-state index is -1.48. The summed E-state index contributed by atoms with van der Waals surface area (Å²) in [5.74, 6) is -4.16. The molecule has 2 aromatic rings. The SMILES string of the molecule is C[C@@H](O)[C@H]1C(=O)N2C(C(=O)[O-])=C(SCCOC(=O)c3cn(C4CC4)c4cc(N5CCNCC5)c(F)cc4c3=O)[C@H](C)[C@H]12.[Na+]. The van der Waals surface area contributed by atoms with E-state index in [-0.39, 0.29) is 70.5 Å². The molecule has 4 heterocycles. The van der Waals surface area contributed by atoms with Crippen LogP contribution in [0.1, 0.15) is 43.1 Å². The van der Waals surface area contributed by atoms with E-state index >= 15 is 4.39 Å². The van der Waals surface area contributed by atoms with Crippen LogP contribution in [0.5, 0.6) is 0 Å². The second-order valence-electron chi connectivity index (χ2n) is 11.3. The van der Waals surface area contributed by atoms with Gasteiger partial charge in [-0.15, -0.1) is 11.8 Å². The van der Waals surface area contributed by atoms with Gasteiger partial charge in [-0.05, 0) is 31.9 Å². The Labute approximate surface area is 273 Å². The summed E-state index contributed by atoms with van der Waals surface area (Å²) in [5.41, 5.74) is 0.00424. The number of nitrogens with one attached hydrogen (secondary N) is 1.